The zero-order valence-corrected chi connectivity index (χ0v) is 11.4. The number of H-pyrrole nitrogens is 1. The topological polar surface area (TPSA) is 129 Å². The van der Waals surface area contributed by atoms with Crippen LogP contribution in [-0.4, -0.2) is 31.0 Å². The number of hydrogen-bond acceptors (Lipinski definition) is 5. The molecule has 0 aliphatic heterocycles. The third kappa shape index (κ3) is 3.47. The average Bonchev–Trinajstić information content (AvgIpc) is 2.72. The number of carboxylic acids is 1. The summed E-state index contributed by atoms with van der Waals surface area (Å²) in [7, 11) is -4.16. The molecule has 0 unspecified atom stereocenters. The Labute approximate surface area is 117 Å². The van der Waals surface area contributed by atoms with Crippen LogP contribution in [0.5, 0.6) is 0 Å². The van der Waals surface area contributed by atoms with Crippen molar-refractivity contribution >= 4 is 27.1 Å². The van der Waals surface area contributed by atoms with E-state index in [0.29, 0.717) is 0 Å². The number of sulfonamides is 1. The van der Waals surface area contributed by atoms with Gasteiger partial charge in [0.2, 0.25) is 10.0 Å². The van der Waals surface area contributed by atoms with Crippen molar-refractivity contribution in [1.29, 1.82) is 0 Å². The van der Waals surface area contributed by atoms with Gasteiger partial charge in [0, 0.05) is 25.1 Å². The van der Waals surface area contributed by atoms with E-state index in [1.54, 1.807) is 0 Å². The van der Waals surface area contributed by atoms with E-state index in [0.717, 1.165) is 12.1 Å². The fraction of sp³-hybridized carbons (Fsp3) is 0.273. The lowest BCUT2D eigenvalue weighted by Gasteiger charge is -2.06. The highest BCUT2D eigenvalue weighted by molar-refractivity contribution is 7.89. The third-order valence-electron chi connectivity index (χ3n) is 2.62. The fourth-order valence-corrected chi connectivity index (χ4v) is 2.83. The Hall–Kier alpha value is -2.20. The Bertz CT molecular complexity index is 838. The number of carbonyl (C=O) groups is 1. The minimum atomic E-state index is -4.16. The quantitative estimate of drug-likeness (QED) is 0.661. The van der Waals surface area contributed by atoms with Crippen molar-refractivity contribution in [2.75, 3.05) is 6.54 Å². The second kappa shape index (κ2) is 5.66. The van der Waals surface area contributed by atoms with E-state index in [2.05, 4.69) is 14.1 Å². The van der Waals surface area contributed by atoms with Crippen molar-refractivity contribution in [3.05, 3.63) is 28.5 Å². The van der Waals surface area contributed by atoms with Gasteiger partial charge in [-0.1, -0.05) is 0 Å². The summed E-state index contributed by atoms with van der Waals surface area (Å²) in [6, 6.07) is 1.73. The van der Waals surface area contributed by atoms with Crippen LogP contribution < -0.4 is 10.5 Å². The molecule has 0 radical (unpaired) electrons. The minimum Gasteiger partial charge on any atom is -0.481 e. The molecule has 10 heteroatoms. The van der Waals surface area contributed by atoms with Crippen LogP contribution in [-0.2, 0) is 14.8 Å². The van der Waals surface area contributed by atoms with Crippen LogP contribution in [0.4, 0.5) is 4.39 Å². The summed E-state index contributed by atoms with van der Waals surface area (Å²) >= 11 is 0. The van der Waals surface area contributed by atoms with Crippen LogP contribution in [0.1, 0.15) is 12.8 Å². The molecule has 114 valence electrons. The van der Waals surface area contributed by atoms with E-state index in [1.165, 1.54) is 0 Å². The van der Waals surface area contributed by atoms with E-state index >= 15 is 0 Å². The Morgan fingerprint density at radius 3 is 2.81 bits per heavy atom. The molecule has 0 amide bonds. The molecule has 0 saturated carbocycles. The van der Waals surface area contributed by atoms with E-state index in [1.807, 2.05) is 0 Å². The molecule has 1 heterocycles. The van der Waals surface area contributed by atoms with Gasteiger partial charge in [0.25, 0.3) is 0 Å². The van der Waals surface area contributed by atoms with Gasteiger partial charge in [0.05, 0.1) is 5.52 Å². The Morgan fingerprint density at radius 2 is 2.14 bits per heavy atom. The summed E-state index contributed by atoms with van der Waals surface area (Å²) in [5.41, 5.74) is -0.0466. The lowest BCUT2D eigenvalue weighted by atomic mass is 10.3. The maximum atomic E-state index is 13.8. The second-order valence-corrected chi connectivity index (χ2v) is 5.92. The number of aromatic amines is 1. The first-order valence-corrected chi connectivity index (χ1v) is 7.32. The van der Waals surface area contributed by atoms with Crippen molar-refractivity contribution in [3.8, 4) is 0 Å². The molecular weight excluding hydrogens is 307 g/mol. The van der Waals surface area contributed by atoms with Gasteiger partial charge in [-0.3, -0.25) is 9.78 Å². The van der Waals surface area contributed by atoms with Crippen molar-refractivity contribution in [3.63, 3.8) is 0 Å². The standard InChI is InChI=1S/C11H11FN2O6S/c12-6-4-7-8(20-11(17)14-7)5-9(6)21(18,19)13-3-1-2-10(15)16/h4-5,13H,1-3H2,(H,14,17)(H,15,16). The van der Waals surface area contributed by atoms with E-state index in [9.17, 15) is 22.4 Å². The molecule has 2 rings (SSSR count). The molecule has 0 spiro atoms. The molecule has 0 atom stereocenters. The normalized spacial score (nSPS) is 11.9. The molecular formula is C11H11FN2O6S. The molecule has 1 aromatic heterocycles. The van der Waals surface area contributed by atoms with Crippen LogP contribution in [0, 0.1) is 5.82 Å². The van der Waals surface area contributed by atoms with E-state index in [4.69, 9.17) is 5.11 Å². The zero-order valence-electron chi connectivity index (χ0n) is 10.6. The molecule has 0 aliphatic rings. The Morgan fingerprint density at radius 1 is 1.43 bits per heavy atom. The molecule has 21 heavy (non-hydrogen) atoms. The van der Waals surface area contributed by atoms with Crippen molar-refractivity contribution in [2.24, 2.45) is 0 Å². The molecule has 0 aliphatic carbocycles. The average molecular weight is 318 g/mol. The third-order valence-corrected chi connectivity index (χ3v) is 4.10. The lowest BCUT2D eigenvalue weighted by Crippen LogP contribution is -2.26. The molecule has 1 aromatic carbocycles. The van der Waals surface area contributed by atoms with Crippen molar-refractivity contribution in [2.45, 2.75) is 17.7 Å². The summed E-state index contributed by atoms with van der Waals surface area (Å²) in [6.45, 7) is -0.150. The maximum absolute atomic E-state index is 13.8. The van der Waals surface area contributed by atoms with Crippen LogP contribution in [0.3, 0.4) is 0 Å². The molecule has 2 aromatic rings. The fourth-order valence-electron chi connectivity index (χ4n) is 1.68. The number of fused-ring (bicyclic) bond motifs is 1. The predicted octanol–water partition coefficient (Wildman–Crippen LogP) is 0.403. The highest BCUT2D eigenvalue weighted by Crippen LogP contribution is 2.20. The number of aliphatic carboxylic acids is 1. The first-order chi connectivity index (χ1) is 9.79. The molecule has 0 fully saturated rings. The smallest absolute Gasteiger partial charge is 0.417 e. The molecule has 3 N–H and O–H groups in total. The number of benzene rings is 1. The summed E-state index contributed by atoms with van der Waals surface area (Å²) in [5, 5.41) is 8.44. The summed E-state index contributed by atoms with van der Waals surface area (Å²) in [5.74, 6) is -2.94. The Balaban J connectivity index is 2.24. The Kier molecular flexibility index (Phi) is 4.09. The van der Waals surface area contributed by atoms with Gasteiger partial charge < -0.3 is 9.52 Å². The van der Waals surface area contributed by atoms with Crippen LogP contribution in [0.15, 0.2) is 26.2 Å². The summed E-state index contributed by atoms with van der Waals surface area (Å²) in [4.78, 5) is 22.8. The number of aromatic nitrogens is 1. The SMILES string of the molecule is O=C(O)CCCNS(=O)(=O)c1cc2oc(=O)[nH]c2cc1F. The van der Waals surface area contributed by atoms with Crippen molar-refractivity contribution in [1.82, 2.24) is 9.71 Å². The highest BCUT2D eigenvalue weighted by Gasteiger charge is 2.21. The molecule has 0 bridgehead atoms. The van der Waals surface area contributed by atoms with Gasteiger partial charge >= 0.3 is 11.7 Å². The molecule has 8 nitrogen and oxygen atoms in total. The van der Waals surface area contributed by atoms with Gasteiger partial charge in [0.1, 0.15) is 10.7 Å². The summed E-state index contributed by atoms with van der Waals surface area (Å²) < 4.78 is 44.4. The number of hydrogen-bond donors (Lipinski definition) is 3. The van der Waals surface area contributed by atoms with Crippen LogP contribution >= 0.6 is 0 Å². The predicted molar refractivity (Wildman–Crippen MR) is 68.9 cm³/mol. The second-order valence-electron chi connectivity index (χ2n) is 4.19. The van der Waals surface area contributed by atoms with Gasteiger partial charge in [-0.05, 0) is 6.42 Å². The van der Waals surface area contributed by atoms with Gasteiger partial charge in [0.15, 0.2) is 5.58 Å². The zero-order chi connectivity index (χ0) is 15.6. The van der Waals surface area contributed by atoms with Crippen molar-refractivity contribution < 1.29 is 27.1 Å². The van der Waals surface area contributed by atoms with Gasteiger partial charge in [-0.15, -0.1) is 0 Å². The number of carboxylic acid groups (broad SMARTS) is 1. The number of oxazole rings is 1. The molecule has 0 saturated heterocycles. The maximum Gasteiger partial charge on any atom is 0.417 e. The van der Waals surface area contributed by atoms with E-state index in [-0.39, 0.29) is 30.5 Å². The lowest BCUT2D eigenvalue weighted by molar-refractivity contribution is -0.137. The van der Waals surface area contributed by atoms with Crippen LogP contribution in [0.2, 0.25) is 0 Å². The first-order valence-electron chi connectivity index (χ1n) is 5.83. The first kappa shape index (κ1) is 15.2. The highest BCUT2D eigenvalue weighted by atomic mass is 32.2. The summed E-state index contributed by atoms with van der Waals surface area (Å²) in [6.07, 6.45) is -0.144. The largest absolute Gasteiger partial charge is 0.481 e. The number of rotatable bonds is 6. The van der Waals surface area contributed by atoms with Gasteiger partial charge in [-0.2, -0.15) is 0 Å². The van der Waals surface area contributed by atoms with Gasteiger partial charge in [-0.25, -0.2) is 22.3 Å². The minimum absolute atomic E-state index is 0.0438. The van der Waals surface area contributed by atoms with Crippen LogP contribution in [0.25, 0.3) is 11.1 Å². The number of halogens is 1. The monoisotopic (exact) mass is 318 g/mol. The van der Waals surface area contributed by atoms with E-state index < -0.39 is 32.5 Å². The number of nitrogens with one attached hydrogen (secondary N) is 2.